The van der Waals surface area contributed by atoms with Crippen molar-refractivity contribution in [1.82, 2.24) is 5.06 Å². The number of methoxy groups -OCH3 is 1. The minimum absolute atomic E-state index is 0.00361. The molecule has 0 aromatic heterocycles. The summed E-state index contributed by atoms with van der Waals surface area (Å²) in [6.45, 7) is 10.7. The second kappa shape index (κ2) is 7.46. The summed E-state index contributed by atoms with van der Waals surface area (Å²) in [5.74, 6) is 0.523. The van der Waals surface area contributed by atoms with Crippen molar-refractivity contribution >= 4 is 14.2 Å². The van der Waals surface area contributed by atoms with Crippen LogP contribution in [0.3, 0.4) is 0 Å². The summed E-state index contributed by atoms with van der Waals surface area (Å²) in [6.07, 6.45) is -0.688. The Bertz CT molecular complexity index is 522. The average Bonchev–Trinajstić information content (AvgIpc) is 2.50. The zero-order chi connectivity index (χ0) is 17.8. The fourth-order valence-corrected chi connectivity index (χ4v) is 2.95. The van der Waals surface area contributed by atoms with Crippen molar-refractivity contribution in [3.8, 4) is 5.75 Å². The van der Waals surface area contributed by atoms with Crippen LogP contribution in [0.25, 0.3) is 0 Å². The molecule has 1 aromatic rings. The van der Waals surface area contributed by atoms with Crippen molar-refractivity contribution in [2.75, 3.05) is 21.3 Å². The zero-order valence-corrected chi connectivity index (χ0v) is 16.5. The van der Waals surface area contributed by atoms with Crippen LogP contribution >= 0.6 is 0 Å². The molecule has 0 heterocycles. The molecule has 0 aliphatic carbocycles. The maximum absolute atomic E-state index is 12.7. The standard InChI is InChI=1S/C17H29NO4Si/c1-17(2,3)23(7,8)22-15(16(19)18(4)21-6)13-9-11-14(20-5)12-10-13/h9-12,15H,1-8H3. The predicted molar refractivity (Wildman–Crippen MR) is 93.8 cm³/mol. The predicted octanol–water partition coefficient (Wildman–Crippen LogP) is 3.78. The second-order valence-electron chi connectivity index (χ2n) is 7.05. The van der Waals surface area contributed by atoms with Gasteiger partial charge in [-0.1, -0.05) is 32.9 Å². The second-order valence-corrected chi connectivity index (χ2v) is 11.8. The highest BCUT2D eigenvalue weighted by Crippen LogP contribution is 2.40. The number of ether oxygens (including phenoxy) is 1. The smallest absolute Gasteiger partial charge is 0.278 e. The van der Waals surface area contributed by atoms with E-state index in [0.717, 1.165) is 11.3 Å². The van der Waals surface area contributed by atoms with E-state index in [2.05, 4.69) is 33.9 Å². The first kappa shape index (κ1) is 19.7. The molecule has 23 heavy (non-hydrogen) atoms. The number of hydrogen-bond donors (Lipinski definition) is 0. The molecule has 0 radical (unpaired) electrons. The zero-order valence-electron chi connectivity index (χ0n) is 15.5. The van der Waals surface area contributed by atoms with Crippen molar-refractivity contribution in [3.63, 3.8) is 0 Å². The van der Waals surface area contributed by atoms with Gasteiger partial charge in [-0.3, -0.25) is 9.63 Å². The Hall–Kier alpha value is -1.37. The topological polar surface area (TPSA) is 48.0 Å². The van der Waals surface area contributed by atoms with Crippen molar-refractivity contribution in [3.05, 3.63) is 29.8 Å². The normalized spacial score (nSPS) is 13.6. The van der Waals surface area contributed by atoms with E-state index in [1.54, 1.807) is 14.2 Å². The third-order valence-electron chi connectivity index (χ3n) is 4.45. The molecule has 0 bridgehead atoms. The van der Waals surface area contributed by atoms with Crippen LogP contribution in [0.15, 0.2) is 24.3 Å². The SMILES string of the molecule is COc1ccc(C(O[Si](C)(C)C(C)(C)C)C(=O)N(C)OC)cc1. The van der Waals surface area contributed by atoms with Gasteiger partial charge in [0.05, 0.1) is 14.2 Å². The molecule has 1 rings (SSSR count). The summed E-state index contributed by atoms with van der Waals surface area (Å²) < 4.78 is 11.6. The molecule has 0 saturated heterocycles. The van der Waals surface area contributed by atoms with Crippen molar-refractivity contribution < 1.29 is 18.8 Å². The van der Waals surface area contributed by atoms with Gasteiger partial charge >= 0.3 is 0 Å². The van der Waals surface area contributed by atoms with Gasteiger partial charge in [0.2, 0.25) is 0 Å². The van der Waals surface area contributed by atoms with Gasteiger partial charge in [0.1, 0.15) is 5.75 Å². The Kier molecular flexibility index (Phi) is 6.38. The molecular weight excluding hydrogens is 310 g/mol. The van der Waals surface area contributed by atoms with Gasteiger partial charge in [-0.15, -0.1) is 0 Å². The van der Waals surface area contributed by atoms with Crippen LogP contribution in [0.2, 0.25) is 18.1 Å². The molecule has 0 fully saturated rings. The average molecular weight is 340 g/mol. The maximum Gasteiger partial charge on any atom is 0.278 e. The number of benzene rings is 1. The van der Waals surface area contributed by atoms with Crippen LogP contribution < -0.4 is 4.74 Å². The van der Waals surface area contributed by atoms with Gasteiger partial charge in [-0.05, 0) is 35.8 Å². The van der Waals surface area contributed by atoms with E-state index in [-0.39, 0.29) is 10.9 Å². The van der Waals surface area contributed by atoms with E-state index in [1.165, 1.54) is 12.2 Å². The van der Waals surface area contributed by atoms with Gasteiger partial charge in [0, 0.05) is 7.05 Å². The van der Waals surface area contributed by atoms with E-state index >= 15 is 0 Å². The lowest BCUT2D eigenvalue weighted by atomic mass is 10.1. The lowest BCUT2D eigenvalue weighted by Gasteiger charge is -2.39. The summed E-state index contributed by atoms with van der Waals surface area (Å²) in [5.41, 5.74) is 0.796. The molecule has 0 N–H and O–H groups in total. The Morgan fingerprint density at radius 3 is 2.04 bits per heavy atom. The van der Waals surface area contributed by atoms with Gasteiger partial charge in [-0.2, -0.15) is 0 Å². The summed E-state index contributed by atoms with van der Waals surface area (Å²) in [6, 6.07) is 7.38. The molecule has 130 valence electrons. The van der Waals surface area contributed by atoms with E-state index in [4.69, 9.17) is 14.0 Å². The first-order valence-corrected chi connectivity index (χ1v) is 10.6. The number of amides is 1. The van der Waals surface area contributed by atoms with E-state index < -0.39 is 14.4 Å². The number of carbonyl (C=O) groups excluding carboxylic acids is 1. The van der Waals surface area contributed by atoms with Crippen LogP contribution in [0.5, 0.6) is 5.75 Å². The third kappa shape index (κ3) is 4.80. The van der Waals surface area contributed by atoms with Crippen molar-refractivity contribution in [2.45, 2.75) is 45.0 Å². The van der Waals surface area contributed by atoms with Crippen LogP contribution in [0, 0.1) is 0 Å². The molecule has 0 spiro atoms. The Balaban J connectivity index is 3.18. The highest BCUT2D eigenvalue weighted by Gasteiger charge is 2.41. The highest BCUT2D eigenvalue weighted by molar-refractivity contribution is 6.74. The van der Waals surface area contributed by atoms with E-state index in [1.807, 2.05) is 24.3 Å². The van der Waals surface area contributed by atoms with Crippen LogP contribution in [-0.2, 0) is 14.1 Å². The van der Waals surface area contributed by atoms with Gasteiger partial charge in [0.15, 0.2) is 14.4 Å². The molecule has 0 aliphatic rings. The summed E-state index contributed by atoms with van der Waals surface area (Å²) in [7, 11) is 2.54. The lowest BCUT2D eigenvalue weighted by Crippen LogP contribution is -2.45. The summed E-state index contributed by atoms with van der Waals surface area (Å²) >= 11 is 0. The molecule has 5 nitrogen and oxygen atoms in total. The summed E-state index contributed by atoms with van der Waals surface area (Å²) in [5, 5.41) is 1.21. The molecule has 1 aromatic carbocycles. The Morgan fingerprint density at radius 1 is 1.13 bits per heavy atom. The van der Waals surface area contributed by atoms with Gasteiger partial charge in [0.25, 0.3) is 5.91 Å². The van der Waals surface area contributed by atoms with Crippen LogP contribution in [0.1, 0.15) is 32.4 Å². The fourth-order valence-electron chi connectivity index (χ4n) is 1.77. The van der Waals surface area contributed by atoms with Gasteiger partial charge < -0.3 is 9.16 Å². The monoisotopic (exact) mass is 339 g/mol. The minimum Gasteiger partial charge on any atom is -0.497 e. The number of likely N-dealkylation sites (N-methyl/N-ethyl adjacent to an activating group) is 1. The largest absolute Gasteiger partial charge is 0.497 e. The number of rotatable bonds is 6. The minimum atomic E-state index is -2.13. The maximum atomic E-state index is 12.7. The molecule has 1 atom stereocenters. The van der Waals surface area contributed by atoms with Crippen LogP contribution in [0.4, 0.5) is 0 Å². The number of hydrogen-bond acceptors (Lipinski definition) is 4. The third-order valence-corrected chi connectivity index (χ3v) is 8.88. The first-order chi connectivity index (χ1) is 10.5. The Labute approximate surface area is 140 Å². The number of nitrogens with zero attached hydrogens (tertiary/aromatic N) is 1. The van der Waals surface area contributed by atoms with Crippen LogP contribution in [-0.4, -0.2) is 40.6 Å². The quantitative estimate of drug-likeness (QED) is 0.584. The Morgan fingerprint density at radius 2 is 1.65 bits per heavy atom. The number of hydroxylamine groups is 2. The highest BCUT2D eigenvalue weighted by atomic mass is 28.4. The first-order valence-electron chi connectivity index (χ1n) is 7.67. The van der Waals surface area contributed by atoms with Crippen molar-refractivity contribution in [2.24, 2.45) is 0 Å². The lowest BCUT2D eigenvalue weighted by molar-refractivity contribution is -0.177. The molecule has 1 unspecified atom stereocenters. The van der Waals surface area contributed by atoms with E-state index in [9.17, 15) is 4.79 Å². The molecule has 0 aliphatic heterocycles. The van der Waals surface area contributed by atoms with E-state index in [0.29, 0.717) is 0 Å². The summed E-state index contributed by atoms with van der Waals surface area (Å²) in [4.78, 5) is 17.8. The van der Waals surface area contributed by atoms with Crippen molar-refractivity contribution in [1.29, 1.82) is 0 Å². The van der Waals surface area contributed by atoms with Gasteiger partial charge in [-0.25, -0.2) is 5.06 Å². The molecule has 6 heteroatoms. The molecule has 1 amide bonds. The number of carbonyl (C=O) groups is 1. The molecule has 0 saturated carbocycles. The fraction of sp³-hybridized carbons (Fsp3) is 0.588. The molecular formula is C17H29NO4Si.